The monoisotopic (exact) mass is 674 g/mol. The van der Waals surface area contributed by atoms with Gasteiger partial charge in [-0.1, -0.05) is 6.07 Å². The molecule has 13 nitrogen and oxygen atoms in total. The van der Waals surface area contributed by atoms with Gasteiger partial charge in [-0.05, 0) is 65.3 Å². The summed E-state index contributed by atoms with van der Waals surface area (Å²) in [6, 6.07) is 7.43. The number of halogens is 1. The number of benzene rings is 1. The second kappa shape index (κ2) is 12.7. The highest BCUT2D eigenvalue weighted by Gasteiger charge is 2.41. The molecule has 0 spiro atoms. The first-order chi connectivity index (χ1) is 23.4. The summed E-state index contributed by atoms with van der Waals surface area (Å²) in [5, 5.41) is 5.30. The molecule has 3 fully saturated rings. The first kappa shape index (κ1) is 33.0. The summed E-state index contributed by atoms with van der Waals surface area (Å²) in [5.41, 5.74) is 0.314. The minimum absolute atomic E-state index is 0.0364. The molecule has 0 saturated carbocycles. The van der Waals surface area contributed by atoms with Crippen LogP contribution >= 0.6 is 0 Å². The zero-order valence-electron chi connectivity index (χ0n) is 28.6. The third kappa shape index (κ3) is 6.58. The Balaban J connectivity index is 1.15. The van der Waals surface area contributed by atoms with E-state index in [-0.39, 0.29) is 40.3 Å². The zero-order chi connectivity index (χ0) is 34.5. The van der Waals surface area contributed by atoms with Crippen molar-refractivity contribution in [1.82, 2.24) is 19.9 Å². The van der Waals surface area contributed by atoms with Gasteiger partial charge in [0.2, 0.25) is 11.8 Å². The van der Waals surface area contributed by atoms with E-state index in [0.29, 0.717) is 69.2 Å². The Kier molecular flexibility index (Phi) is 8.55. The Morgan fingerprint density at radius 1 is 1.08 bits per heavy atom. The van der Waals surface area contributed by atoms with Crippen molar-refractivity contribution in [3.8, 4) is 17.1 Å². The Labute approximate surface area is 285 Å². The standard InChI is InChI=1S/C35H43FN8O5/c1-6-42-19-35(4,5)49-30-28(31(42)45)29(40-32(41-30)43-16-21-13-24(43)18-48-17-21)22-7-9-26(25(36)14-22)39-33(46)38-23-8-10-27(37-15-23)44-11-12-47-20-34(44,2)3/h7-10,14-15,21,24H,6,11-13,16-20H2,1-5H3,(H2,38,39,46). The second-order valence-corrected chi connectivity index (χ2v) is 14.4. The molecule has 3 aromatic rings. The molecule has 3 amide bonds. The number of amides is 3. The largest absolute Gasteiger partial charge is 0.469 e. The molecule has 6 heterocycles. The number of anilines is 4. The molecule has 4 aliphatic rings. The highest BCUT2D eigenvalue weighted by atomic mass is 19.1. The Bertz CT molecular complexity index is 1750. The number of carbonyl (C=O) groups is 2. The molecule has 2 aromatic heterocycles. The number of urea groups is 1. The first-order valence-corrected chi connectivity index (χ1v) is 16.8. The normalized spacial score (nSPS) is 22.7. The van der Waals surface area contributed by atoms with Gasteiger partial charge in [-0.3, -0.25) is 4.79 Å². The lowest BCUT2D eigenvalue weighted by Crippen LogP contribution is -2.53. The van der Waals surface area contributed by atoms with Crippen LogP contribution in [0, 0.1) is 11.7 Å². The lowest BCUT2D eigenvalue weighted by Gasteiger charge is -2.42. The smallest absolute Gasteiger partial charge is 0.323 e. The topological polar surface area (TPSA) is 134 Å². The van der Waals surface area contributed by atoms with Crippen molar-refractivity contribution in [2.45, 2.75) is 58.2 Å². The lowest BCUT2D eigenvalue weighted by atomic mass is 10.0. The summed E-state index contributed by atoms with van der Waals surface area (Å²) in [6.07, 6.45) is 2.53. The number of nitrogens with one attached hydrogen (secondary N) is 2. The van der Waals surface area contributed by atoms with Crippen LogP contribution in [-0.2, 0) is 9.47 Å². The molecule has 2 unspecified atom stereocenters. The van der Waals surface area contributed by atoms with E-state index in [4.69, 9.17) is 24.2 Å². The van der Waals surface area contributed by atoms with Crippen LogP contribution in [0.25, 0.3) is 11.3 Å². The van der Waals surface area contributed by atoms with E-state index in [9.17, 15) is 9.59 Å². The number of fused-ring (bicyclic) bond motifs is 3. The number of hydrogen-bond acceptors (Lipinski definition) is 10. The minimum atomic E-state index is -0.717. The maximum absolute atomic E-state index is 15.8. The van der Waals surface area contributed by atoms with Gasteiger partial charge in [-0.15, -0.1) is 0 Å². The molecule has 14 heteroatoms. The lowest BCUT2D eigenvalue weighted by molar-refractivity contribution is 0.0541. The van der Waals surface area contributed by atoms with Gasteiger partial charge in [-0.2, -0.15) is 4.98 Å². The summed E-state index contributed by atoms with van der Waals surface area (Å²) in [4.78, 5) is 47.0. The van der Waals surface area contributed by atoms with Crippen molar-refractivity contribution in [3.63, 3.8) is 0 Å². The van der Waals surface area contributed by atoms with Gasteiger partial charge in [-0.25, -0.2) is 19.2 Å². The molecular formula is C35H43FN8O5. The maximum Gasteiger partial charge on any atom is 0.323 e. The number of carbonyl (C=O) groups excluding carboxylic acids is 2. The van der Waals surface area contributed by atoms with Gasteiger partial charge in [0.05, 0.1) is 67.8 Å². The number of ether oxygens (including phenoxy) is 3. The molecule has 3 saturated heterocycles. The Morgan fingerprint density at radius 2 is 1.92 bits per heavy atom. The predicted octanol–water partition coefficient (Wildman–Crippen LogP) is 4.80. The molecule has 2 N–H and O–H groups in total. The van der Waals surface area contributed by atoms with Crippen LogP contribution in [-0.4, -0.2) is 102 Å². The molecule has 49 heavy (non-hydrogen) atoms. The van der Waals surface area contributed by atoms with Crippen LogP contribution in [0.4, 0.5) is 32.3 Å². The summed E-state index contributed by atoms with van der Waals surface area (Å²) in [6.45, 7) is 14.6. The van der Waals surface area contributed by atoms with Crippen LogP contribution in [0.15, 0.2) is 36.5 Å². The maximum atomic E-state index is 15.8. The average molecular weight is 675 g/mol. The number of pyridine rings is 1. The van der Waals surface area contributed by atoms with Crippen LogP contribution in [0.2, 0.25) is 0 Å². The molecule has 7 rings (SSSR count). The van der Waals surface area contributed by atoms with Gasteiger partial charge in [0.25, 0.3) is 5.91 Å². The van der Waals surface area contributed by atoms with E-state index in [1.807, 2.05) is 26.8 Å². The number of likely N-dealkylation sites (N-methyl/N-ethyl adjacent to an activating group) is 1. The Hall–Kier alpha value is -4.56. The fourth-order valence-corrected chi connectivity index (χ4v) is 7.13. The highest BCUT2D eigenvalue weighted by Crippen LogP contribution is 2.39. The van der Waals surface area contributed by atoms with Crippen LogP contribution < -0.4 is 25.2 Å². The van der Waals surface area contributed by atoms with Crippen molar-refractivity contribution in [2.75, 3.05) is 73.0 Å². The molecule has 4 aliphatic heterocycles. The fraction of sp³-hybridized carbons (Fsp3) is 0.514. The van der Waals surface area contributed by atoms with Crippen molar-refractivity contribution in [2.24, 2.45) is 5.92 Å². The van der Waals surface area contributed by atoms with Crippen molar-refractivity contribution < 1.29 is 28.2 Å². The summed E-state index contributed by atoms with van der Waals surface area (Å²) in [5.74, 6) is 0.754. The van der Waals surface area contributed by atoms with E-state index >= 15 is 4.39 Å². The van der Waals surface area contributed by atoms with Gasteiger partial charge in [0.1, 0.15) is 22.8 Å². The number of nitrogens with zero attached hydrogens (tertiary/aromatic N) is 6. The zero-order valence-corrected chi connectivity index (χ0v) is 28.6. The molecule has 2 bridgehead atoms. The molecule has 0 aliphatic carbocycles. The second-order valence-electron chi connectivity index (χ2n) is 14.4. The summed E-state index contributed by atoms with van der Waals surface area (Å²) >= 11 is 0. The fourth-order valence-electron chi connectivity index (χ4n) is 7.13. The van der Waals surface area contributed by atoms with Crippen molar-refractivity contribution in [1.29, 1.82) is 0 Å². The van der Waals surface area contributed by atoms with Gasteiger partial charge in [0, 0.05) is 31.1 Å². The molecule has 0 radical (unpaired) electrons. The van der Waals surface area contributed by atoms with Crippen molar-refractivity contribution in [3.05, 3.63) is 47.9 Å². The molecule has 1 aromatic carbocycles. The Morgan fingerprint density at radius 3 is 2.63 bits per heavy atom. The molecule has 260 valence electrons. The van der Waals surface area contributed by atoms with E-state index in [1.165, 1.54) is 12.1 Å². The van der Waals surface area contributed by atoms with E-state index in [1.54, 1.807) is 23.2 Å². The number of rotatable bonds is 6. The predicted molar refractivity (Wildman–Crippen MR) is 183 cm³/mol. The quantitative estimate of drug-likeness (QED) is 0.376. The number of aromatic nitrogens is 3. The minimum Gasteiger partial charge on any atom is -0.469 e. The molecule has 2 atom stereocenters. The SMILES string of the molecule is CCN1CC(C)(C)Oc2nc(N3CC4COCC3C4)nc(-c3ccc(NC(=O)Nc4ccc(N5CCOCC5(C)C)nc4)c(F)c3)c2C1=O. The van der Waals surface area contributed by atoms with E-state index in [2.05, 4.69) is 39.3 Å². The van der Waals surface area contributed by atoms with Crippen LogP contribution in [0.3, 0.4) is 0 Å². The average Bonchev–Trinajstić information content (AvgIpc) is 3.30. The number of morpholine rings is 1. The van der Waals surface area contributed by atoms with Crippen LogP contribution in [0.1, 0.15) is 51.4 Å². The molecular weight excluding hydrogens is 631 g/mol. The van der Waals surface area contributed by atoms with Gasteiger partial charge < -0.3 is 39.5 Å². The van der Waals surface area contributed by atoms with Crippen LogP contribution in [0.5, 0.6) is 5.88 Å². The first-order valence-electron chi connectivity index (χ1n) is 16.8. The van der Waals surface area contributed by atoms with Gasteiger partial charge in [0.15, 0.2) is 0 Å². The third-order valence-corrected chi connectivity index (χ3v) is 9.53. The number of hydrogen-bond donors (Lipinski definition) is 2. The van der Waals surface area contributed by atoms with E-state index in [0.717, 1.165) is 18.8 Å². The highest BCUT2D eigenvalue weighted by molar-refractivity contribution is 6.03. The van der Waals surface area contributed by atoms with Gasteiger partial charge >= 0.3 is 6.03 Å². The summed E-state index contributed by atoms with van der Waals surface area (Å²) in [7, 11) is 0. The van der Waals surface area contributed by atoms with Crippen molar-refractivity contribution >= 4 is 35.1 Å². The third-order valence-electron chi connectivity index (χ3n) is 9.53. The van der Waals surface area contributed by atoms with E-state index < -0.39 is 17.4 Å². The summed E-state index contributed by atoms with van der Waals surface area (Å²) < 4.78 is 33.5.